The first kappa shape index (κ1) is 19.1. The lowest BCUT2D eigenvalue weighted by Gasteiger charge is -2.24. The molecule has 0 spiro atoms. The number of carbonyl (C=O) groups is 1. The van der Waals surface area contributed by atoms with Gasteiger partial charge in [0.2, 0.25) is 5.91 Å². The number of para-hydroxylation sites is 1. The van der Waals surface area contributed by atoms with Crippen molar-refractivity contribution < 1.29 is 9.53 Å². The van der Waals surface area contributed by atoms with Crippen LogP contribution in [0.3, 0.4) is 0 Å². The third-order valence-corrected chi connectivity index (χ3v) is 4.11. The van der Waals surface area contributed by atoms with Gasteiger partial charge in [-0.25, -0.2) is 0 Å². The van der Waals surface area contributed by atoms with Crippen LogP contribution >= 0.6 is 24.0 Å². The van der Waals surface area contributed by atoms with Gasteiger partial charge in [-0.3, -0.25) is 4.79 Å². The Kier molecular flexibility index (Phi) is 8.61. The van der Waals surface area contributed by atoms with Crippen LogP contribution in [0.5, 0.6) is 5.75 Å². The molecule has 1 amide bonds. The van der Waals surface area contributed by atoms with Crippen LogP contribution in [-0.2, 0) is 4.79 Å². The van der Waals surface area contributed by atoms with Crippen LogP contribution in [-0.4, -0.2) is 31.6 Å². The Labute approximate surface area is 143 Å². The molecular formula is C16H24Cl2N2O2. The van der Waals surface area contributed by atoms with Crippen molar-refractivity contribution in [3.05, 3.63) is 29.3 Å². The van der Waals surface area contributed by atoms with Gasteiger partial charge >= 0.3 is 0 Å². The molecule has 1 aliphatic heterocycles. The molecule has 0 saturated carbocycles. The fourth-order valence-electron chi connectivity index (χ4n) is 2.43. The molecule has 1 heterocycles. The van der Waals surface area contributed by atoms with E-state index >= 15 is 0 Å². The zero-order valence-corrected chi connectivity index (χ0v) is 14.4. The number of benzene rings is 1. The number of ether oxygens (including phenoxy) is 1. The summed E-state index contributed by atoms with van der Waals surface area (Å²) in [6.45, 7) is 4.40. The number of rotatable bonds is 6. The Hall–Kier alpha value is -0.970. The summed E-state index contributed by atoms with van der Waals surface area (Å²) in [6, 6.07) is 7.41. The minimum absolute atomic E-state index is 0. The van der Waals surface area contributed by atoms with Gasteiger partial charge in [-0.05, 0) is 44.5 Å². The van der Waals surface area contributed by atoms with E-state index in [9.17, 15) is 4.79 Å². The standard InChI is InChI=1S/C16H23ClN2O2.ClH/c1-2-13(21-15-6-4-3-5-14(15)17)11-19-16(20)12-7-9-18-10-8-12;/h3-6,12-13,18H,2,7-11H2,1H3,(H,19,20);1H. The number of piperidine rings is 1. The van der Waals surface area contributed by atoms with E-state index in [-0.39, 0.29) is 30.3 Å². The van der Waals surface area contributed by atoms with Gasteiger partial charge < -0.3 is 15.4 Å². The third kappa shape index (κ3) is 5.67. The molecule has 1 aromatic carbocycles. The average molecular weight is 347 g/mol. The summed E-state index contributed by atoms with van der Waals surface area (Å²) in [5, 5.41) is 6.87. The summed E-state index contributed by atoms with van der Waals surface area (Å²) in [7, 11) is 0. The van der Waals surface area contributed by atoms with E-state index in [0.717, 1.165) is 32.4 Å². The van der Waals surface area contributed by atoms with E-state index in [2.05, 4.69) is 10.6 Å². The highest BCUT2D eigenvalue weighted by atomic mass is 35.5. The smallest absolute Gasteiger partial charge is 0.223 e. The molecule has 2 N–H and O–H groups in total. The Bertz CT molecular complexity index is 465. The van der Waals surface area contributed by atoms with Crippen LogP contribution in [0.25, 0.3) is 0 Å². The Morgan fingerprint density at radius 3 is 2.73 bits per heavy atom. The SMILES string of the molecule is CCC(CNC(=O)C1CCNCC1)Oc1ccccc1Cl.Cl. The maximum Gasteiger partial charge on any atom is 0.223 e. The number of carbonyl (C=O) groups excluding carboxylic acids is 1. The summed E-state index contributed by atoms with van der Waals surface area (Å²) in [5.41, 5.74) is 0. The quantitative estimate of drug-likeness (QED) is 0.832. The predicted octanol–water partition coefficient (Wildman–Crippen LogP) is 3.04. The molecule has 1 aliphatic rings. The molecular weight excluding hydrogens is 323 g/mol. The van der Waals surface area contributed by atoms with Crippen molar-refractivity contribution in [1.29, 1.82) is 0 Å². The van der Waals surface area contributed by atoms with Crippen molar-refractivity contribution >= 4 is 29.9 Å². The molecule has 0 aliphatic carbocycles. The monoisotopic (exact) mass is 346 g/mol. The van der Waals surface area contributed by atoms with E-state index in [1.807, 2.05) is 25.1 Å². The second-order valence-corrected chi connectivity index (χ2v) is 5.76. The molecule has 6 heteroatoms. The minimum atomic E-state index is -0.0597. The molecule has 1 aromatic rings. The van der Waals surface area contributed by atoms with Gasteiger partial charge in [0.05, 0.1) is 11.6 Å². The molecule has 2 rings (SSSR count). The lowest BCUT2D eigenvalue weighted by Crippen LogP contribution is -2.41. The highest BCUT2D eigenvalue weighted by Gasteiger charge is 2.21. The molecule has 0 aromatic heterocycles. The first-order valence-electron chi connectivity index (χ1n) is 7.60. The third-order valence-electron chi connectivity index (χ3n) is 3.80. The summed E-state index contributed by atoms with van der Waals surface area (Å²) in [4.78, 5) is 12.1. The van der Waals surface area contributed by atoms with E-state index in [1.165, 1.54) is 0 Å². The summed E-state index contributed by atoms with van der Waals surface area (Å²) >= 11 is 6.09. The van der Waals surface area contributed by atoms with Crippen LogP contribution in [0.4, 0.5) is 0 Å². The average Bonchev–Trinajstić information content (AvgIpc) is 2.53. The number of halogens is 2. The molecule has 1 fully saturated rings. The van der Waals surface area contributed by atoms with Crippen LogP contribution < -0.4 is 15.4 Å². The number of hydrogen-bond donors (Lipinski definition) is 2. The Balaban J connectivity index is 0.00000242. The van der Waals surface area contributed by atoms with Gasteiger partial charge in [0, 0.05) is 5.92 Å². The minimum Gasteiger partial charge on any atom is -0.487 e. The van der Waals surface area contributed by atoms with Crippen molar-refractivity contribution in [2.75, 3.05) is 19.6 Å². The largest absolute Gasteiger partial charge is 0.487 e. The molecule has 1 atom stereocenters. The first-order chi connectivity index (χ1) is 10.2. The van der Waals surface area contributed by atoms with Crippen LogP contribution in [0.2, 0.25) is 5.02 Å². The number of nitrogens with one attached hydrogen (secondary N) is 2. The molecule has 22 heavy (non-hydrogen) atoms. The van der Waals surface area contributed by atoms with Crippen molar-refractivity contribution in [3.63, 3.8) is 0 Å². The van der Waals surface area contributed by atoms with E-state index in [1.54, 1.807) is 6.07 Å². The van der Waals surface area contributed by atoms with Crippen molar-refractivity contribution in [2.45, 2.75) is 32.3 Å². The Morgan fingerprint density at radius 2 is 2.09 bits per heavy atom. The highest BCUT2D eigenvalue weighted by molar-refractivity contribution is 6.32. The molecule has 1 unspecified atom stereocenters. The van der Waals surface area contributed by atoms with E-state index in [4.69, 9.17) is 16.3 Å². The topological polar surface area (TPSA) is 50.4 Å². The molecule has 0 bridgehead atoms. The maximum atomic E-state index is 12.1. The van der Waals surface area contributed by atoms with Gasteiger partial charge in [0.15, 0.2) is 0 Å². The van der Waals surface area contributed by atoms with Crippen molar-refractivity contribution in [1.82, 2.24) is 10.6 Å². The Morgan fingerprint density at radius 1 is 1.41 bits per heavy atom. The summed E-state index contributed by atoms with van der Waals surface area (Å²) < 4.78 is 5.87. The van der Waals surface area contributed by atoms with Crippen molar-refractivity contribution in [2.24, 2.45) is 5.92 Å². The summed E-state index contributed by atoms with van der Waals surface area (Å²) in [5.74, 6) is 0.934. The number of hydrogen-bond acceptors (Lipinski definition) is 3. The van der Waals surface area contributed by atoms with Gasteiger partial charge in [0.1, 0.15) is 11.9 Å². The van der Waals surface area contributed by atoms with Crippen molar-refractivity contribution in [3.8, 4) is 5.75 Å². The van der Waals surface area contributed by atoms with Gasteiger partial charge in [0.25, 0.3) is 0 Å². The second kappa shape index (κ2) is 9.93. The molecule has 124 valence electrons. The van der Waals surface area contributed by atoms with E-state index in [0.29, 0.717) is 17.3 Å². The zero-order chi connectivity index (χ0) is 15.1. The van der Waals surface area contributed by atoms with Gasteiger partial charge in [-0.1, -0.05) is 30.7 Å². The molecule has 0 radical (unpaired) electrons. The van der Waals surface area contributed by atoms with E-state index < -0.39 is 0 Å². The fourth-order valence-corrected chi connectivity index (χ4v) is 2.61. The first-order valence-corrected chi connectivity index (χ1v) is 7.98. The number of amides is 1. The lowest BCUT2D eigenvalue weighted by atomic mass is 9.97. The fraction of sp³-hybridized carbons (Fsp3) is 0.562. The summed E-state index contributed by atoms with van der Waals surface area (Å²) in [6.07, 6.45) is 2.58. The van der Waals surface area contributed by atoms with Gasteiger partial charge in [-0.15, -0.1) is 12.4 Å². The van der Waals surface area contributed by atoms with Crippen LogP contribution in [0.1, 0.15) is 26.2 Å². The van der Waals surface area contributed by atoms with Crippen LogP contribution in [0.15, 0.2) is 24.3 Å². The lowest BCUT2D eigenvalue weighted by molar-refractivity contribution is -0.126. The maximum absolute atomic E-state index is 12.1. The molecule has 4 nitrogen and oxygen atoms in total. The second-order valence-electron chi connectivity index (χ2n) is 5.35. The normalized spacial score (nSPS) is 16.5. The zero-order valence-electron chi connectivity index (χ0n) is 12.8. The van der Waals surface area contributed by atoms with Gasteiger partial charge in [-0.2, -0.15) is 0 Å². The predicted molar refractivity (Wildman–Crippen MR) is 92.0 cm³/mol. The highest BCUT2D eigenvalue weighted by Crippen LogP contribution is 2.24. The van der Waals surface area contributed by atoms with Crippen LogP contribution in [0, 0.1) is 5.92 Å². The molecule has 1 saturated heterocycles.